The lowest BCUT2D eigenvalue weighted by Gasteiger charge is -2.14. The van der Waals surface area contributed by atoms with Gasteiger partial charge in [-0.05, 0) is 54.4 Å². The predicted molar refractivity (Wildman–Crippen MR) is 120 cm³/mol. The molecule has 0 fully saturated rings. The second kappa shape index (κ2) is 8.93. The van der Waals surface area contributed by atoms with Crippen LogP contribution in [0, 0.1) is 5.82 Å². The molecular weight excluding hydrogens is 409 g/mol. The summed E-state index contributed by atoms with van der Waals surface area (Å²) in [6.45, 7) is 1.89. The van der Waals surface area contributed by atoms with Crippen molar-refractivity contribution in [3.63, 3.8) is 0 Å². The van der Waals surface area contributed by atoms with E-state index in [4.69, 9.17) is 0 Å². The van der Waals surface area contributed by atoms with Gasteiger partial charge in [-0.3, -0.25) is 19.4 Å². The molecular formula is C25H20FN3O3. The van der Waals surface area contributed by atoms with E-state index in [0.717, 1.165) is 18.1 Å². The molecule has 1 amide bonds. The number of carbonyl (C=O) groups is 2. The van der Waals surface area contributed by atoms with Gasteiger partial charge in [0.2, 0.25) is 11.3 Å². The van der Waals surface area contributed by atoms with Crippen molar-refractivity contribution in [2.24, 2.45) is 0 Å². The monoisotopic (exact) mass is 429 g/mol. The first kappa shape index (κ1) is 21.1. The fourth-order valence-corrected chi connectivity index (χ4v) is 3.50. The summed E-state index contributed by atoms with van der Waals surface area (Å²) >= 11 is 0. The molecule has 160 valence electrons. The van der Waals surface area contributed by atoms with Gasteiger partial charge in [-0.1, -0.05) is 19.1 Å². The van der Waals surface area contributed by atoms with E-state index in [1.807, 2.05) is 31.2 Å². The Morgan fingerprint density at radius 3 is 2.44 bits per heavy atom. The number of nitrogens with zero attached hydrogens (tertiary/aromatic N) is 2. The standard InChI is InChI=1S/C25H20FN3O3/c1-2-16-3-6-19(7-4-16)28-23(30)15-29-14-21(24(31)17-9-11-27-12-10-17)25(32)20-13-18(26)5-8-22(20)29/h3-14H,2,15H2,1H3,(H,28,30). The van der Waals surface area contributed by atoms with Crippen LogP contribution < -0.4 is 10.7 Å². The van der Waals surface area contributed by atoms with Crippen LogP contribution in [0.1, 0.15) is 28.4 Å². The fraction of sp³-hybridized carbons (Fsp3) is 0.120. The molecule has 7 heteroatoms. The highest BCUT2D eigenvalue weighted by Gasteiger charge is 2.18. The summed E-state index contributed by atoms with van der Waals surface area (Å²) in [6, 6.07) is 14.2. The first-order chi connectivity index (χ1) is 15.5. The molecule has 4 aromatic rings. The quantitative estimate of drug-likeness (QED) is 0.471. The third kappa shape index (κ3) is 4.32. The Balaban J connectivity index is 1.72. The van der Waals surface area contributed by atoms with Gasteiger partial charge in [-0.15, -0.1) is 0 Å². The van der Waals surface area contributed by atoms with Crippen LogP contribution in [-0.4, -0.2) is 21.2 Å². The predicted octanol–water partition coefficient (Wildman–Crippen LogP) is 3.97. The molecule has 0 radical (unpaired) electrons. The summed E-state index contributed by atoms with van der Waals surface area (Å²) < 4.78 is 15.4. The Kier molecular flexibility index (Phi) is 5.89. The van der Waals surface area contributed by atoms with Crippen LogP contribution in [0.4, 0.5) is 10.1 Å². The molecule has 2 aromatic carbocycles. The summed E-state index contributed by atoms with van der Waals surface area (Å²) in [5, 5.41) is 2.84. The third-order valence-corrected chi connectivity index (χ3v) is 5.19. The minimum Gasteiger partial charge on any atom is -0.337 e. The van der Waals surface area contributed by atoms with E-state index >= 15 is 0 Å². The Morgan fingerprint density at radius 2 is 1.75 bits per heavy atom. The van der Waals surface area contributed by atoms with Crippen molar-refractivity contribution < 1.29 is 14.0 Å². The van der Waals surface area contributed by atoms with Gasteiger partial charge in [0.25, 0.3) is 0 Å². The van der Waals surface area contributed by atoms with Gasteiger partial charge in [0.05, 0.1) is 11.1 Å². The molecule has 0 spiro atoms. The Hall–Kier alpha value is -4.13. The highest BCUT2D eigenvalue weighted by atomic mass is 19.1. The zero-order valence-corrected chi connectivity index (χ0v) is 17.3. The zero-order valence-electron chi connectivity index (χ0n) is 17.3. The molecule has 0 unspecified atom stereocenters. The van der Waals surface area contributed by atoms with Gasteiger partial charge in [0, 0.05) is 35.2 Å². The Morgan fingerprint density at radius 1 is 1.03 bits per heavy atom. The second-order valence-electron chi connectivity index (χ2n) is 7.32. The van der Waals surface area contributed by atoms with Gasteiger partial charge in [0.15, 0.2) is 5.78 Å². The first-order valence-corrected chi connectivity index (χ1v) is 10.1. The van der Waals surface area contributed by atoms with Crippen LogP contribution in [0.5, 0.6) is 0 Å². The molecule has 2 heterocycles. The lowest BCUT2D eigenvalue weighted by atomic mass is 10.0. The normalized spacial score (nSPS) is 10.8. The van der Waals surface area contributed by atoms with E-state index in [1.165, 1.54) is 47.4 Å². The first-order valence-electron chi connectivity index (χ1n) is 10.1. The summed E-state index contributed by atoms with van der Waals surface area (Å²) in [7, 11) is 0. The van der Waals surface area contributed by atoms with Crippen molar-refractivity contribution in [1.82, 2.24) is 9.55 Å². The van der Waals surface area contributed by atoms with Crippen molar-refractivity contribution in [2.45, 2.75) is 19.9 Å². The molecule has 0 aliphatic heterocycles. The minimum atomic E-state index is -0.602. The lowest BCUT2D eigenvalue weighted by Crippen LogP contribution is -2.24. The number of amides is 1. The molecule has 4 rings (SSSR count). The van der Waals surface area contributed by atoms with Crippen LogP contribution in [-0.2, 0) is 17.8 Å². The molecule has 0 saturated heterocycles. The lowest BCUT2D eigenvalue weighted by molar-refractivity contribution is -0.116. The fourth-order valence-electron chi connectivity index (χ4n) is 3.50. The van der Waals surface area contributed by atoms with Gasteiger partial charge >= 0.3 is 0 Å². The van der Waals surface area contributed by atoms with Crippen molar-refractivity contribution in [2.75, 3.05) is 5.32 Å². The van der Waals surface area contributed by atoms with Gasteiger partial charge in [-0.25, -0.2) is 4.39 Å². The molecule has 0 aliphatic rings. The summed E-state index contributed by atoms with van der Waals surface area (Å²) in [5.41, 5.74) is 1.69. The Bertz CT molecular complexity index is 1360. The summed E-state index contributed by atoms with van der Waals surface area (Å²) in [5.74, 6) is -1.46. The van der Waals surface area contributed by atoms with Gasteiger partial charge < -0.3 is 9.88 Å². The maximum Gasteiger partial charge on any atom is 0.244 e. The number of ketones is 1. The number of rotatable bonds is 6. The highest BCUT2D eigenvalue weighted by molar-refractivity contribution is 6.10. The van der Waals surface area contributed by atoms with Crippen molar-refractivity contribution in [3.05, 3.63) is 106 Å². The molecule has 1 N–H and O–H groups in total. The van der Waals surface area contributed by atoms with Crippen LogP contribution in [0.3, 0.4) is 0 Å². The van der Waals surface area contributed by atoms with Crippen LogP contribution in [0.15, 0.2) is 78.0 Å². The molecule has 0 bridgehead atoms. The minimum absolute atomic E-state index is 0.0324. The third-order valence-electron chi connectivity index (χ3n) is 5.19. The highest BCUT2D eigenvalue weighted by Crippen LogP contribution is 2.17. The number of aryl methyl sites for hydroxylation is 1. The van der Waals surface area contributed by atoms with Gasteiger partial charge in [0.1, 0.15) is 12.4 Å². The van der Waals surface area contributed by atoms with Crippen molar-refractivity contribution >= 4 is 28.3 Å². The number of hydrogen-bond donors (Lipinski definition) is 1. The molecule has 32 heavy (non-hydrogen) atoms. The topological polar surface area (TPSA) is 81.1 Å². The van der Waals surface area contributed by atoms with E-state index in [0.29, 0.717) is 11.2 Å². The average molecular weight is 429 g/mol. The molecule has 0 aliphatic carbocycles. The molecule has 2 aromatic heterocycles. The number of benzene rings is 2. The molecule has 0 atom stereocenters. The molecule has 6 nitrogen and oxygen atoms in total. The number of fused-ring (bicyclic) bond motifs is 1. The number of aromatic nitrogens is 2. The SMILES string of the molecule is CCc1ccc(NC(=O)Cn2cc(C(=O)c3ccncc3)c(=O)c3cc(F)ccc32)cc1. The number of hydrogen-bond acceptors (Lipinski definition) is 4. The number of carbonyl (C=O) groups excluding carboxylic acids is 2. The van der Waals surface area contributed by atoms with E-state index in [9.17, 15) is 18.8 Å². The maximum absolute atomic E-state index is 13.9. The van der Waals surface area contributed by atoms with Crippen LogP contribution >= 0.6 is 0 Å². The number of halogens is 1. The summed E-state index contributed by atoms with van der Waals surface area (Å²) in [6.07, 6.45) is 5.14. The zero-order chi connectivity index (χ0) is 22.7. The van der Waals surface area contributed by atoms with Crippen molar-refractivity contribution in [3.8, 4) is 0 Å². The number of nitrogens with one attached hydrogen (secondary N) is 1. The van der Waals surface area contributed by atoms with Crippen molar-refractivity contribution in [1.29, 1.82) is 0 Å². The number of anilines is 1. The van der Waals surface area contributed by atoms with Crippen LogP contribution in [0.2, 0.25) is 0 Å². The average Bonchev–Trinajstić information content (AvgIpc) is 2.81. The molecule has 0 saturated carbocycles. The number of pyridine rings is 2. The Labute approximate surface area is 183 Å². The van der Waals surface area contributed by atoms with E-state index in [2.05, 4.69) is 10.3 Å². The smallest absolute Gasteiger partial charge is 0.244 e. The van der Waals surface area contributed by atoms with Gasteiger partial charge in [-0.2, -0.15) is 0 Å². The summed E-state index contributed by atoms with van der Waals surface area (Å²) in [4.78, 5) is 42.5. The largest absolute Gasteiger partial charge is 0.337 e. The van der Waals surface area contributed by atoms with E-state index < -0.39 is 17.0 Å². The van der Waals surface area contributed by atoms with E-state index in [-0.39, 0.29) is 29.0 Å². The van der Waals surface area contributed by atoms with Crippen LogP contribution in [0.25, 0.3) is 10.9 Å². The maximum atomic E-state index is 13.9. The van der Waals surface area contributed by atoms with E-state index in [1.54, 1.807) is 0 Å². The second-order valence-corrected chi connectivity index (χ2v) is 7.32.